The summed E-state index contributed by atoms with van der Waals surface area (Å²) in [6, 6.07) is 1.48. The van der Waals surface area contributed by atoms with Gasteiger partial charge in [0.2, 0.25) is 11.5 Å². The molecule has 0 bridgehead atoms. The second-order valence-electron chi connectivity index (χ2n) is 2.12. The molecule has 0 saturated heterocycles. The minimum absolute atomic E-state index is 0.179. The highest BCUT2D eigenvalue weighted by atomic mass is 16.5. The average Bonchev–Trinajstić information content (AvgIpc) is 2.77. The van der Waals surface area contributed by atoms with Gasteiger partial charge in [0.1, 0.15) is 6.26 Å². The van der Waals surface area contributed by atoms with E-state index in [0.717, 1.165) is 0 Å². The Bertz CT molecular complexity index is 327. The van der Waals surface area contributed by atoms with Gasteiger partial charge in [-0.1, -0.05) is 10.3 Å². The third-order valence-corrected chi connectivity index (χ3v) is 1.36. The molecule has 0 radical (unpaired) electrons. The first-order valence-electron chi connectivity index (χ1n) is 3.22. The molecule has 2 aromatic heterocycles. The largest absolute Gasteiger partial charge is 0.364 e. The summed E-state index contributed by atoms with van der Waals surface area (Å²) in [5, 5.41) is 6.80. The highest BCUT2D eigenvalue weighted by Gasteiger charge is 2.13. The topological polar surface area (TPSA) is 69.1 Å². The molecule has 12 heavy (non-hydrogen) atoms. The maximum absolute atomic E-state index is 11.3. The van der Waals surface area contributed by atoms with Crippen molar-refractivity contribution in [3.63, 3.8) is 0 Å². The van der Waals surface area contributed by atoms with Gasteiger partial charge in [-0.3, -0.25) is 4.79 Å². The molecule has 2 aromatic rings. The van der Waals surface area contributed by atoms with Gasteiger partial charge < -0.3 is 9.05 Å². The van der Waals surface area contributed by atoms with Gasteiger partial charge in [0.25, 0.3) is 0 Å². The average molecular weight is 164 g/mol. The second kappa shape index (κ2) is 2.61. The minimum Gasteiger partial charge on any atom is -0.364 e. The van der Waals surface area contributed by atoms with E-state index in [1.54, 1.807) is 0 Å². The van der Waals surface area contributed by atoms with Gasteiger partial charge in [0.05, 0.1) is 18.0 Å². The van der Waals surface area contributed by atoms with E-state index in [1.807, 2.05) is 0 Å². The zero-order valence-electron chi connectivity index (χ0n) is 5.93. The zero-order valence-corrected chi connectivity index (χ0v) is 5.93. The molecule has 2 rings (SSSR count). The molecule has 0 aromatic carbocycles. The Labute approximate surface area is 66.9 Å². The van der Waals surface area contributed by atoms with Crippen LogP contribution in [0, 0.1) is 0 Å². The summed E-state index contributed by atoms with van der Waals surface area (Å²) < 4.78 is 9.15. The van der Waals surface area contributed by atoms with E-state index >= 15 is 0 Å². The van der Waals surface area contributed by atoms with E-state index in [1.165, 1.54) is 24.7 Å². The molecule has 60 valence electrons. The zero-order chi connectivity index (χ0) is 8.39. The highest BCUT2D eigenvalue weighted by molar-refractivity contribution is 6.06. The van der Waals surface area contributed by atoms with Gasteiger partial charge in [-0.15, -0.1) is 0 Å². The number of nitrogens with zero attached hydrogens (tertiary/aromatic N) is 2. The number of ketones is 1. The molecule has 5 nitrogen and oxygen atoms in total. The van der Waals surface area contributed by atoms with Crippen LogP contribution in [-0.2, 0) is 0 Å². The Hall–Kier alpha value is -1.91. The van der Waals surface area contributed by atoms with Crippen molar-refractivity contribution in [2.24, 2.45) is 0 Å². The Morgan fingerprint density at radius 1 is 1.42 bits per heavy atom. The minimum atomic E-state index is -0.284. The van der Waals surface area contributed by atoms with Crippen LogP contribution in [0.15, 0.2) is 33.8 Å². The molecule has 0 amide bonds. The van der Waals surface area contributed by atoms with Crippen molar-refractivity contribution >= 4 is 5.78 Å². The molecule has 0 spiro atoms. The summed E-state index contributed by atoms with van der Waals surface area (Å²) in [6.45, 7) is 0. The number of aromatic nitrogens is 2. The SMILES string of the molecule is O=C(c1cnoc1)c1ccno1. The number of carbonyl (C=O) groups excluding carboxylic acids is 1. The fraction of sp³-hybridized carbons (Fsp3) is 0. The van der Waals surface area contributed by atoms with Gasteiger partial charge in [0.15, 0.2) is 0 Å². The lowest BCUT2D eigenvalue weighted by Gasteiger charge is -1.85. The van der Waals surface area contributed by atoms with Crippen LogP contribution in [0.5, 0.6) is 0 Å². The van der Waals surface area contributed by atoms with Gasteiger partial charge in [-0.2, -0.15) is 0 Å². The van der Waals surface area contributed by atoms with Crippen LogP contribution in [0.2, 0.25) is 0 Å². The summed E-state index contributed by atoms with van der Waals surface area (Å²) in [4.78, 5) is 11.3. The maximum Gasteiger partial charge on any atom is 0.235 e. The molecule has 0 N–H and O–H groups in total. The van der Waals surface area contributed by atoms with Crippen LogP contribution >= 0.6 is 0 Å². The van der Waals surface area contributed by atoms with Crippen LogP contribution in [-0.4, -0.2) is 16.1 Å². The van der Waals surface area contributed by atoms with Crippen LogP contribution in [0.4, 0.5) is 0 Å². The normalized spacial score (nSPS) is 10.0. The van der Waals surface area contributed by atoms with Crippen molar-refractivity contribution in [2.45, 2.75) is 0 Å². The van der Waals surface area contributed by atoms with E-state index in [-0.39, 0.29) is 11.5 Å². The Morgan fingerprint density at radius 2 is 2.33 bits per heavy atom. The molecule has 2 heterocycles. The lowest BCUT2D eigenvalue weighted by Crippen LogP contribution is -1.96. The molecule has 0 aliphatic heterocycles. The Balaban J connectivity index is 2.34. The van der Waals surface area contributed by atoms with Crippen LogP contribution in [0.25, 0.3) is 0 Å². The summed E-state index contributed by atoms with van der Waals surface area (Å²) >= 11 is 0. The van der Waals surface area contributed by atoms with E-state index in [4.69, 9.17) is 0 Å². The lowest BCUT2D eigenvalue weighted by molar-refractivity contribution is 0.1000. The van der Waals surface area contributed by atoms with E-state index in [0.29, 0.717) is 5.56 Å². The van der Waals surface area contributed by atoms with Crippen molar-refractivity contribution in [1.82, 2.24) is 10.3 Å². The molecular formula is C7H4N2O3. The molecule has 0 aliphatic carbocycles. The van der Waals surface area contributed by atoms with Crippen molar-refractivity contribution in [1.29, 1.82) is 0 Å². The quantitative estimate of drug-likeness (QED) is 0.616. The predicted molar refractivity (Wildman–Crippen MR) is 36.4 cm³/mol. The third-order valence-electron chi connectivity index (χ3n) is 1.36. The highest BCUT2D eigenvalue weighted by Crippen LogP contribution is 2.06. The standard InChI is InChI=1S/C7H4N2O3/c10-7(5-3-9-11-4-5)6-1-2-8-12-6/h1-4H. The fourth-order valence-electron chi connectivity index (χ4n) is 0.792. The summed E-state index contributed by atoms with van der Waals surface area (Å²) in [5.74, 6) is -0.105. The second-order valence-corrected chi connectivity index (χ2v) is 2.12. The third kappa shape index (κ3) is 1.01. The fourth-order valence-corrected chi connectivity index (χ4v) is 0.792. The molecule has 0 fully saturated rings. The Kier molecular flexibility index (Phi) is 1.48. The molecule has 5 heteroatoms. The van der Waals surface area contributed by atoms with Crippen LogP contribution in [0.1, 0.15) is 16.1 Å². The monoisotopic (exact) mass is 164 g/mol. The van der Waals surface area contributed by atoms with E-state index < -0.39 is 0 Å². The smallest absolute Gasteiger partial charge is 0.235 e. The molecule has 0 saturated carbocycles. The van der Waals surface area contributed by atoms with Gasteiger partial charge in [-0.25, -0.2) is 0 Å². The Morgan fingerprint density at radius 3 is 2.92 bits per heavy atom. The lowest BCUT2D eigenvalue weighted by atomic mass is 10.2. The van der Waals surface area contributed by atoms with Crippen molar-refractivity contribution in [2.75, 3.05) is 0 Å². The van der Waals surface area contributed by atoms with Gasteiger partial charge >= 0.3 is 0 Å². The number of hydrogen-bond donors (Lipinski definition) is 0. The molecule has 0 aliphatic rings. The van der Waals surface area contributed by atoms with E-state index in [9.17, 15) is 4.79 Å². The first-order chi connectivity index (χ1) is 5.88. The van der Waals surface area contributed by atoms with Crippen LogP contribution < -0.4 is 0 Å². The van der Waals surface area contributed by atoms with Gasteiger partial charge in [0, 0.05) is 6.07 Å². The number of hydrogen-bond acceptors (Lipinski definition) is 5. The summed E-state index contributed by atoms with van der Waals surface area (Å²) in [7, 11) is 0. The first-order valence-corrected chi connectivity index (χ1v) is 3.22. The molecule has 0 atom stereocenters. The number of rotatable bonds is 2. The van der Waals surface area contributed by atoms with Crippen molar-refractivity contribution in [3.05, 3.63) is 36.0 Å². The first kappa shape index (κ1) is 6.78. The molecule has 0 unspecified atom stereocenters. The molecular weight excluding hydrogens is 160 g/mol. The van der Waals surface area contributed by atoms with Crippen LogP contribution in [0.3, 0.4) is 0 Å². The van der Waals surface area contributed by atoms with E-state index in [2.05, 4.69) is 19.4 Å². The van der Waals surface area contributed by atoms with Crippen molar-refractivity contribution in [3.8, 4) is 0 Å². The summed E-state index contributed by atoms with van der Waals surface area (Å²) in [6.07, 6.45) is 3.98. The number of carbonyl (C=O) groups is 1. The summed E-state index contributed by atoms with van der Waals surface area (Å²) in [5.41, 5.74) is 0.353. The van der Waals surface area contributed by atoms with Crippen molar-refractivity contribution < 1.29 is 13.8 Å². The maximum atomic E-state index is 11.3. The predicted octanol–water partition coefficient (Wildman–Crippen LogP) is 0.894. The van der Waals surface area contributed by atoms with Gasteiger partial charge in [-0.05, 0) is 0 Å².